The monoisotopic (exact) mass is 270 g/mol. The summed E-state index contributed by atoms with van der Waals surface area (Å²) in [5, 5.41) is 18.1. The van der Waals surface area contributed by atoms with Crippen molar-refractivity contribution in [2.24, 2.45) is 5.73 Å². The van der Waals surface area contributed by atoms with Crippen LogP contribution in [0.2, 0.25) is 0 Å². The van der Waals surface area contributed by atoms with Gasteiger partial charge >= 0.3 is 6.18 Å². The number of hydrogen-bond donors (Lipinski definition) is 2. The third-order valence-electron chi connectivity index (χ3n) is 2.30. The number of rotatable bonds is 3. The Morgan fingerprint density at radius 3 is 2.21 bits per heavy atom. The minimum absolute atomic E-state index is 0.246. The summed E-state index contributed by atoms with van der Waals surface area (Å²) in [5.74, 6) is -1.67. The van der Waals surface area contributed by atoms with E-state index < -0.39 is 29.0 Å². The minimum Gasteiger partial charge on any atom is -0.510 e. The molecule has 0 aliphatic rings. The Hall–Kier alpha value is -2.49. The molecule has 100 valence electrons. The number of nitrogens with two attached hydrogens (primary N) is 1. The first-order valence-corrected chi connectivity index (χ1v) is 5.04. The highest BCUT2D eigenvalue weighted by molar-refractivity contribution is 5.96. The largest absolute Gasteiger partial charge is 0.510 e. The van der Waals surface area contributed by atoms with Crippen molar-refractivity contribution < 1.29 is 23.1 Å². The summed E-state index contributed by atoms with van der Waals surface area (Å²) in [7, 11) is 0. The van der Waals surface area contributed by atoms with E-state index in [-0.39, 0.29) is 6.42 Å². The van der Waals surface area contributed by atoms with Gasteiger partial charge in [0, 0.05) is 6.42 Å². The molecule has 0 saturated heterocycles. The fourth-order valence-electron chi connectivity index (χ4n) is 1.36. The van der Waals surface area contributed by atoms with Crippen molar-refractivity contribution in [2.45, 2.75) is 12.6 Å². The maximum absolute atomic E-state index is 12.3. The Morgan fingerprint density at radius 1 is 1.32 bits per heavy atom. The van der Waals surface area contributed by atoms with Gasteiger partial charge in [-0.25, -0.2) is 0 Å². The molecule has 0 aliphatic heterocycles. The van der Waals surface area contributed by atoms with Gasteiger partial charge in [0.25, 0.3) is 5.91 Å². The van der Waals surface area contributed by atoms with Gasteiger partial charge in [0.2, 0.25) is 0 Å². The second-order valence-corrected chi connectivity index (χ2v) is 3.67. The van der Waals surface area contributed by atoms with Crippen molar-refractivity contribution in [3.05, 3.63) is 46.7 Å². The second-order valence-electron chi connectivity index (χ2n) is 3.67. The van der Waals surface area contributed by atoms with E-state index in [4.69, 9.17) is 11.0 Å². The summed E-state index contributed by atoms with van der Waals surface area (Å²) in [6.45, 7) is 0. The lowest BCUT2D eigenvalue weighted by Crippen LogP contribution is -2.15. The maximum Gasteiger partial charge on any atom is 0.416 e. The highest BCUT2D eigenvalue weighted by atomic mass is 19.4. The number of halogens is 3. The lowest BCUT2D eigenvalue weighted by Gasteiger charge is -2.07. The van der Waals surface area contributed by atoms with E-state index in [9.17, 15) is 23.1 Å². The molecule has 1 aromatic carbocycles. The number of nitrogens with zero attached hydrogens (tertiary/aromatic N) is 1. The Labute approximate surface area is 106 Å². The number of benzene rings is 1. The molecule has 1 aromatic rings. The fraction of sp³-hybridized carbons (Fsp3) is 0.167. The van der Waals surface area contributed by atoms with Crippen LogP contribution in [0.1, 0.15) is 11.1 Å². The standard InChI is InChI=1S/C12H9F3N2O2/c13-12(14,15)8-3-1-7(2-4-8)5-10(18)9(6-16)11(17)19/h1-4,18H,5H2,(H2,17,19)/b10-9-. The van der Waals surface area contributed by atoms with Crippen LogP contribution in [0.5, 0.6) is 0 Å². The molecule has 0 aromatic heterocycles. The van der Waals surface area contributed by atoms with Crippen LogP contribution in [0.4, 0.5) is 13.2 Å². The highest BCUT2D eigenvalue weighted by Gasteiger charge is 2.29. The lowest BCUT2D eigenvalue weighted by atomic mass is 10.1. The van der Waals surface area contributed by atoms with E-state index in [1.807, 2.05) is 0 Å². The molecule has 0 radical (unpaired) electrons. The third-order valence-corrected chi connectivity index (χ3v) is 2.30. The van der Waals surface area contributed by atoms with Crippen molar-refractivity contribution in [1.82, 2.24) is 0 Å². The minimum atomic E-state index is -4.44. The van der Waals surface area contributed by atoms with Gasteiger partial charge in [0.15, 0.2) is 5.57 Å². The number of allylic oxidation sites excluding steroid dienone is 1. The average Bonchev–Trinajstić information content (AvgIpc) is 2.28. The molecule has 0 unspecified atom stereocenters. The first-order chi connectivity index (χ1) is 8.75. The SMILES string of the molecule is N#C/C(C(N)=O)=C(/O)Cc1ccc(C(F)(F)F)cc1. The topological polar surface area (TPSA) is 87.1 Å². The van der Waals surface area contributed by atoms with Crippen LogP contribution in [0.15, 0.2) is 35.6 Å². The lowest BCUT2D eigenvalue weighted by molar-refractivity contribution is -0.137. The van der Waals surface area contributed by atoms with Crippen LogP contribution in [0.3, 0.4) is 0 Å². The number of carbonyl (C=O) groups excluding carboxylic acids is 1. The van der Waals surface area contributed by atoms with Crippen molar-refractivity contribution in [1.29, 1.82) is 5.26 Å². The summed E-state index contributed by atoms with van der Waals surface area (Å²) in [5.41, 5.74) is 3.74. The molecule has 0 bridgehead atoms. The van der Waals surface area contributed by atoms with Crippen LogP contribution in [-0.2, 0) is 17.4 Å². The molecule has 0 spiro atoms. The zero-order chi connectivity index (χ0) is 14.6. The van der Waals surface area contributed by atoms with Gasteiger partial charge in [-0.05, 0) is 17.7 Å². The van der Waals surface area contributed by atoms with Gasteiger partial charge < -0.3 is 10.8 Å². The van der Waals surface area contributed by atoms with Crippen LogP contribution in [0.25, 0.3) is 0 Å². The zero-order valence-electron chi connectivity index (χ0n) is 9.53. The molecule has 0 saturated carbocycles. The van der Waals surface area contributed by atoms with Crippen LogP contribution in [-0.4, -0.2) is 11.0 Å². The molecule has 19 heavy (non-hydrogen) atoms. The van der Waals surface area contributed by atoms with E-state index >= 15 is 0 Å². The first-order valence-electron chi connectivity index (χ1n) is 5.04. The fourth-order valence-corrected chi connectivity index (χ4v) is 1.36. The smallest absolute Gasteiger partial charge is 0.416 e. The number of alkyl halides is 3. The number of carbonyl (C=O) groups is 1. The van der Waals surface area contributed by atoms with Gasteiger partial charge in [0.1, 0.15) is 11.8 Å². The molecule has 7 heteroatoms. The summed E-state index contributed by atoms with van der Waals surface area (Å²) in [4.78, 5) is 10.8. The molecule has 0 heterocycles. The number of hydrogen-bond acceptors (Lipinski definition) is 3. The number of amides is 1. The predicted octanol–water partition coefficient (Wildman–Crippen LogP) is 2.07. The summed E-state index contributed by atoms with van der Waals surface area (Å²) >= 11 is 0. The molecule has 3 N–H and O–H groups in total. The Kier molecular flexibility index (Phi) is 4.17. The summed E-state index contributed by atoms with van der Waals surface area (Å²) in [6.07, 6.45) is -4.69. The van der Waals surface area contributed by atoms with Gasteiger partial charge in [-0.15, -0.1) is 0 Å². The Morgan fingerprint density at radius 2 is 1.84 bits per heavy atom. The van der Waals surface area contributed by atoms with Crippen molar-refractivity contribution in [2.75, 3.05) is 0 Å². The van der Waals surface area contributed by atoms with Crippen LogP contribution >= 0.6 is 0 Å². The van der Waals surface area contributed by atoms with Crippen molar-refractivity contribution in [3.63, 3.8) is 0 Å². The van der Waals surface area contributed by atoms with E-state index in [2.05, 4.69) is 0 Å². The summed E-state index contributed by atoms with van der Waals surface area (Å²) < 4.78 is 36.9. The normalized spacial score (nSPS) is 12.5. The first kappa shape index (κ1) is 14.6. The Balaban J connectivity index is 2.97. The molecule has 0 fully saturated rings. The molecule has 4 nitrogen and oxygen atoms in total. The molecule has 1 amide bonds. The molecule has 1 rings (SSSR count). The second kappa shape index (κ2) is 5.44. The van der Waals surface area contributed by atoms with Gasteiger partial charge in [-0.3, -0.25) is 4.79 Å². The van der Waals surface area contributed by atoms with Gasteiger partial charge in [-0.2, -0.15) is 18.4 Å². The van der Waals surface area contributed by atoms with E-state index in [1.165, 1.54) is 6.07 Å². The number of aliphatic hydroxyl groups is 1. The predicted molar refractivity (Wildman–Crippen MR) is 59.6 cm³/mol. The van der Waals surface area contributed by atoms with E-state index in [1.54, 1.807) is 0 Å². The van der Waals surface area contributed by atoms with Crippen LogP contribution in [0, 0.1) is 11.3 Å². The summed E-state index contributed by atoms with van der Waals surface area (Å²) in [6, 6.07) is 5.42. The molecule has 0 aliphatic carbocycles. The average molecular weight is 270 g/mol. The molecule has 0 atom stereocenters. The molecular formula is C12H9F3N2O2. The Bertz CT molecular complexity index is 554. The van der Waals surface area contributed by atoms with E-state index in [0.29, 0.717) is 5.56 Å². The molecular weight excluding hydrogens is 261 g/mol. The van der Waals surface area contributed by atoms with Crippen molar-refractivity contribution in [3.8, 4) is 6.07 Å². The van der Waals surface area contributed by atoms with Gasteiger partial charge in [0.05, 0.1) is 5.56 Å². The highest BCUT2D eigenvalue weighted by Crippen LogP contribution is 2.29. The van der Waals surface area contributed by atoms with Crippen LogP contribution < -0.4 is 5.73 Å². The van der Waals surface area contributed by atoms with Crippen molar-refractivity contribution >= 4 is 5.91 Å². The quantitative estimate of drug-likeness (QED) is 0.500. The number of aliphatic hydroxyl groups excluding tert-OH is 1. The van der Waals surface area contributed by atoms with E-state index in [0.717, 1.165) is 24.3 Å². The number of primary amides is 1. The van der Waals surface area contributed by atoms with Gasteiger partial charge in [-0.1, -0.05) is 12.1 Å². The third kappa shape index (κ3) is 3.74. The maximum atomic E-state index is 12.3. The number of nitriles is 1. The zero-order valence-corrected chi connectivity index (χ0v) is 9.53.